The van der Waals surface area contributed by atoms with Crippen molar-refractivity contribution in [1.29, 1.82) is 0 Å². The zero-order valence-corrected chi connectivity index (χ0v) is 8.28. The van der Waals surface area contributed by atoms with Gasteiger partial charge in [-0.25, -0.2) is 0 Å². The first kappa shape index (κ1) is 11.1. The van der Waals surface area contributed by atoms with Crippen molar-refractivity contribution in [2.24, 2.45) is 5.92 Å². The van der Waals surface area contributed by atoms with Gasteiger partial charge in [-0.05, 0) is 19.8 Å². The largest absolute Gasteiger partial charge is 0.120 e. The Hall–Kier alpha value is -0.880. The molecule has 0 amide bonds. The predicted octanol–water partition coefficient (Wildman–Crippen LogP) is 3.04. The highest BCUT2D eigenvalue weighted by Gasteiger charge is 1.97. The second kappa shape index (κ2) is 6.81. The van der Waals surface area contributed by atoms with Gasteiger partial charge in [-0.15, -0.1) is 18.3 Å². The quantitative estimate of drug-likeness (QED) is 0.558. The zero-order chi connectivity index (χ0) is 9.40. The average molecular weight is 161 g/mol. The van der Waals surface area contributed by atoms with Crippen LogP contribution in [0.5, 0.6) is 0 Å². The lowest BCUT2D eigenvalue weighted by Crippen LogP contribution is -1.92. The fraction of sp³-hybridized carbons (Fsp3) is 0.583. The van der Waals surface area contributed by atoms with Gasteiger partial charge in [0.15, 0.2) is 0 Å². The summed E-state index contributed by atoms with van der Waals surface area (Å²) in [6.45, 7) is 6.27. The lowest BCUT2D eigenvalue weighted by molar-refractivity contribution is 0.672. The van der Waals surface area contributed by atoms with Crippen LogP contribution in [0.25, 0.3) is 0 Å². The van der Waals surface area contributed by atoms with Crippen molar-refractivity contribution < 1.29 is 0 Å². The molecule has 0 heterocycles. The number of rotatable bonds is 3. The molecule has 0 spiro atoms. The first-order valence-corrected chi connectivity index (χ1v) is 4.52. The van der Waals surface area contributed by atoms with Gasteiger partial charge in [-0.2, -0.15) is 0 Å². The van der Waals surface area contributed by atoms with E-state index < -0.39 is 0 Å². The summed E-state index contributed by atoms with van der Waals surface area (Å²) in [5.74, 6) is 10.5. The third-order valence-electron chi connectivity index (χ3n) is 1.91. The Morgan fingerprint density at radius 2 is 2.08 bits per heavy atom. The van der Waals surface area contributed by atoms with Crippen LogP contribution >= 0.6 is 0 Å². The molecule has 0 aromatic heterocycles. The fourth-order valence-corrected chi connectivity index (χ4v) is 0.735. The minimum absolute atomic E-state index is 0.335. The van der Waals surface area contributed by atoms with Gasteiger partial charge in [-0.1, -0.05) is 19.8 Å². The van der Waals surface area contributed by atoms with Gasteiger partial charge in [0.2, 0.25) is 0 Å². The number of hydrogen-bond acceptors (Lipinski definition) is 0. The zero-order valence-electron chi connectivity index (χ0n) is 8.28. The highest BCUT2D eigenvalue weighted by atomic mass is 14.0. The highest BCUT2D eigenvalue weighted by Crippen LogP contribution is 2.06. The van der Waals surface area contributed by atoms with E-state index in [0.717, 1.165) is 19.3 Å². The lowest BCUT2D eigenvalue weighted by Gasteiger charge is -2.00. The average Bonchev–Trinajstić information content (AvgIpc) is 2.12. The van der Waals surface area contributed by atoms with Crippen LogP contribution in [0.1, 0.15) is 40.0 Å². The predicted molar refractivity (Wildman–Crippen MR) is 54.2 cm³/mol. The van der Waals surface area contributed by atoms with Gasteiger partial charge in [0.05, 0.1) is 0 Å². The molecular weight excluding hydrogens is 144 g/mol. The number of terminal acetylenes is 1. The summed E-state index contributed by atoms with van der Waals surface area (Å²) in [6.07, 6.45) is 8.21. The van der Waals surface area contributed by atoms with Gasteiger partial charge in [0.25, 0.3) is 0 Å². The standard InChI is InChI=1S/C12H17/c1-5-11(4)9-8-10-12(6-2)7-3/h2,12H,5,7,10H2,1,3-4H3. The van der Waals surface area contributed by atoms with Crippen LogP contribution in [0.15, 0.2) is 0 Å². The maximum atomic E-state index is 5.31. The molecule has 0 aromatic rings. The minimum Gasteiger partial charge on any atom is -0.120 e. The van der Waals surface area contributed by atoms with Gasteiger partial charge in [0.1, 0.15) is 0 Å². The molecule has 0 aliphatic heterocycles. The van der Waals surface area contributed by atoms with Crippen molar-refractivity contribution in [1.82, 2.24) is 0 Å². The molecule has 1 unspecified atom stereocenters. The first-order chi connectivity index (χ1) is 5.74. The van der Waals surface area contributed by atoms with Crippen molar-refractivity contribution in [3.8, 4) is 24.2 Å². The van der Waals surface area contributed by atoms with Crippen molar-refractivity contribution in [2.75, 3.05) is 0 Å². The van der Waals surface area contributed by atoms with Crippen molar-refractivity contribution >= 4 is 0 Å². The Kier molecular flexibility index (Phi) is 6.31. The van der Waals surface area contributed by atoms with E-state index in [2.05, 4.69) is 38.5 Å². The molecular formula is C12H17. The molecule has 0 nitrogen and oxygen atoms in total. The topological polar surface area (TPSA) is 0 Å². The summed E-state index contributed by atoms with van der Waals surface area (Å²) in [5.41, 5.74) is 0. The maximum absolute atomic E-state index is 5.31. The van der Waals surface area contributed by atoms with Crippen LogP contribution in [0.3, 0.4) is 0 Å². The van der Waals surface area contributed by atoms with Crippen molar-refractivity contribution in [2.45, 2.75) is 40.0 Å². The fourth-order valence-electron chi connectivity index (χ4n) is 0.735. The molecule has 0 saturated heterocycles. The highest BCUT2D eigenvalue weighted by molar-refractivity contribution is 5.19. The Morgan fingerprint density at radius 1 is 1.42 bits per heavy atom. The van der Waals surface area contributed by atoms with E-state index in [4.69, 9.17) is 6.42 Å². The van der Waals surface area contributed by atoms with E-state index in [0.29, 0.717) is 5.92 Å². The summed E-state index contributed by atoms with van der Waals surface area (Å²) in [7, 11) is 0. The van der Waals surface area contributed by atoms with Crippen LogP contribution in [0.4, 0.5) is 0 Å². The van der Waals surface area contributed by atoms with Gasteiger partial charge >= 0.3 is 0 Å². The smallest absolute Gasteiger partial charge is 0.0446 e. The van der Waals surface area contributed by atoms with Gasteiger partial charge in [0, 0.05) is 18.3 Å². The third kappa shape index (κ3) is 4.86. The SMILES string of the molecule is C#CC(CC)CC#C[C](C)CC. The molecule has 0 N–H and O–H groups in total. The minimum atomic E-state index is 0.335. The molecule has 0 aromatic carbocycles. The normalized spacial score (nSPS) is 11.6. The van der Waals surface area contributed by atoms with E-state index in [9.17, 15) is 0 Å². The van der Waals surface area contributed by atoms with Crippen LogP contribution in [-0.2, 0) is 0 Å². The number of hydrogen-bond donors (Lipinski definition) is 0. The van der Waals surface area contributed by atoms with Crippen LogP contribution in [0, 0.1) is 36.0 Å². The second-order valence-corrected chi connectivity index (χ2v) is 2.91. The molecule has 0 aliphatic carbocycles. The van der Waals surface area contributed by atoms with Crippen LogP contribution in [-0.4, -0.2) is 0 Å². The summed E-state index contributed by atoms with van der Waals surface area (Å²) in [4.78, 5) is 0. The Labute approximate surface area is 76.8 Å². The first-order valence-electron chi connectivity index (χ1n) is 4.52. The van der Waals surface area contributed by atoms with E-state index >= 15 is 0 Å². The molecule has 1 radical (unpaired) electrons. The molecule has 0 saturated carbocycles. The molecule has 0 bridgehead atoms. The summed E-state index contributed by atoms with van der Waals surface area (Å²) in [6, 6.07) is 0. The van der Waals surface area contributed by atoms with Crippen LogP contribution < -0.4 is 0 Å². The van der Waals surface area contributed by atoms with Gasteiger partial charge in [-0.3, -0.25) is 0 Å². The molecule has 0 heteroatoms. The Balaban J connectivity index is 3.77. The lowest BCUT2D eigenvalue weighted by atomic mass is 10.0. The monoisotopic (exact) mass is 161 g/mol. The maximum Gasteiger partial charge on any atom is 0.0446 e. The summed E-state index contributed by atoms with van der Waals surface area (Å²) >= 11 is 0. The Morgan fingerprint density at radius 3 is 2.50 bits per heavy atom. The van der Waals surface area contributed by atoms with Crippen molar-refractivity contribution in [3.63, 3.8) is 0 Å². The third-order valence-corrected chi connectivity index (χ3v) is 1.91. The van der Waals surface area contributed by atoms with E-state index in [-0.39, 0.29) is 0 Å². The molecule has 1 atom stereocenters. The summed E-state index contributed by atoms with van der Waals surface area (Å²) < 4.78 is 0. The summed E-state index contributed by atoms with van der Waals surface area (Å²) in [5, 5.41) is 0. The Bertz CT molecular complexity index is 196. The molecule has 0 fully saturated rings. The van der Waals surface area contributed by atoms with Crippen LogP contribution in [0.2, 0.25) is 0 Å². The molecule has 65 valence electrons. The molecule has 0 aliphatic rings. The van der Waals surface area contributed by atoms with E-state index in [1.807, 2.05) is 0 Å². The van der Waals surface area contributed by atoms with E-state index in [1.165, 1.54) is 5.92 Å². The molecule has 12 heavy (non-hydrogen) atoms. The molecule has 0 rings (SSSR count). The van der Waals surface area contributed by atoms with Crippen molar-refractivity contribution in [3.05, 3.63) is 5.92 Å². The van der Waals surface area contributed by atoms with Gasteiger partial charge < -0.3 is 0 Å². The second-order valence-electron chi connectivity index (χ2n) is 2.91. The van der Waals surface area contributed by atoms with E-state index in [1.54, 1.807) is 0 Å².